The van der Waals surface area contributed by atoms with Crippen LogP contribution in [0.5, 0.6) is 5.88 Å². The van der Waals surface area contributed by atoms with E-state index in [1.807, 2.05) is 6.07 Å². The Kier molecular flexibility index (Phi) is 6.96. The molecule has 0 radical (unpaired) electrons. The minimum absolute atomic E-state index is 0.416. The van der Waals surface area contributed by atoms with Crippen LogP contribution in [-0.2, 0) is 4.74 Å². The normalized spacial score (nSPS) is 22.2. The summed E-state index contributed by atoms with van der Waals surface area (Å²) in [5, 5.41) is 3.29. The molecule has 1 aliphatic carbocycles. The highest BCUT2D eigenvalue weighted by Gasteiger charge is 2.29. The number of nitrogens with one attached hydrogen (secondary N) is 1. The van der Waals surface area contributed by atoms with Crippen molar-refractivity contribution in [3.63, 3.8) is 0 Å². The molecule has 1 saturated heterocycles. The van der Waals surface area contributed by atoms with Crippen molar-refractivity contribution in [2.45, 2.75) is 46.5 Å². The second kappa shape index (κ2) is 9.86. The van der Waals surface area contributed by atoms with E-state index in [0.717, 1.165) is 44.5 Å². The van der Waals surface area contributed by atoms with Crippen LogP contribution in [0.4, 0.5) is 17.3 Å². The first-order valence-electron chi connectivity index (χ1n) is 11.6. The van der Waals surface area contributed by atoms with Crippen LogP contribution >= 0.6 is 0 Å². The predicted molar refractivity (Wildman–Crippen MR) is 125 cm³/mol. The third kappa shape index (κ3) is 6.10. The molecule has 2 fully saturated rings. The summed E-state index contributed by atoms with van der Waals surface area (Å²) in [5.41, 5.74) is 2.60. The minimum atomic E-state index is 0.416. The van der Waals surface area contributed by atoms with E-state index in [0.29, 0.717) is 23.2 Å². The molecule has 1 aromatic carbocycles. The molecular weight excluding hydrogens is 388 g/mol. The van der Waals surface area contributed by atoms with Crippen LogP contribution in [0.25, 0.3) is 0 Å². The number of rotatable bonds is 6. The lowest BCUT2D eigenvalue weighted by molar-refractivity contribution is 0.120. The van der Waals surface area contributed by atoms with E-state index in [4.69, 9.17) is 9.47 Å². The molecule has 2 heterocycles. The van der Waals surface area contributed by atoms with E-state index >= 15 is 0 Å². The Morgan fingerprint density at radius 1 is 1.03 bits per heavy atom. The van der Waals surface area contributed by atoms with Gasteiger partial charge in [0.15, 0.2) is 0 Å². The number of hydrogen-bond donors (Lipinski definition) is 1. The fourth-order valence-electron chi connectivity index (χ4n) is 4.59. The van der Waals surface area contributed by atoms with Crippen molar-refractivity contribution in [2.24, 2.45) is 17.3 Å². The van der Waals surface area contributed by atoms with Crippen molar-refractivity contribution in [3.8, 4) is 5.88 Å². The van der Waals surface area contributed by atoms with Gasteiger partial charge in [0.25, 0.3) is 0 Å². The fourth-order valence-corrected chi connectivity index (χ4v) is 4.59. The largest absolute Gasteiger partial charge is 0.477 e. The number of morpholine rings is 1. The highest BCUT2D eigenvalue weighted by molar-refractivity contribution is 5.59. The smallest absolute Gasteiger partial charge is 0.230 e. The molecule has 168 valence electrons. The van der Waals surface area contributed by atoms with Crippen molar-refractivity contribution in [3.05, 3.63) is 36.5 Å². The van der Waals surface area contributed by atoms with Gasteiger partial charge in [-0.05, 0) is 67.2 Å². The summed E-state index contributed by atoms with van der Waals surface area (Å²) in [4.78, 5) is 11.2. The molecule has 0 spiro atoms. The number of anilines is 3. The molecule has 1 aromatic heterocycles. The molecule has 6 nitrogen and oxygen atoms in total. The highest BCUT2D eigenvalue weighted by Crippen LogP contribution is 2.39. The molecule has 4 rings (SSSR count). The fraction of sp³-hybridized carbons (Fsp3) is 0.600. The van der Waals surface area contributed by atoms with Crippen LogP contribution in [0, 0.1) is 17.3 Å². The maximum Gasteiger partial charge on any atom is 0.230 e. The van der Waals surface area contributed by atoms with Gasteiger partial charge in [0.2, 0.25) is 11.8 Å². The summed E-state index contributed by atoms with van der Waals surface area (Å²) in [6.45, 7) is 11.3. The van der Waals surface area contributed by atoms with Crippen molar-refractivity contribution in [1.82, 2.24) is 9.97 Å². The van der Waals surface area contributed by atoms with Crippen LogP contribution in [0.1, 0.15) is 46.5 Å². The minimum Gasteiger partial charge on any atom is -0.477 e. The zero-order chi connectivity index (χ0) is 21.7. The van der Waals surface area contributed by atoms with Crippen LogP contribution in [0.2, 0.25) is 0 Å². The van der Waals surface area contributed by atoms with Gasteiger partial charge < -0.3 is 19.7 Å². The SMILES string of the molecule is CC(C)(C)[C@H]1CC[C@H](COc2ccnc(Nc3ccc(N4CCOCC4)cc3)n2)CC1. The van der Waals surface area contributed by atoms with Crippen LogP contribution in [0.3, 0.4) is 0 Å². The average Bonchev–Trinajstić information content (AvgIpc) is 2.79. The molecular formula is C25H36N4O2. The standard InChI is InChI=1S/C25H36N4O2/c1-25(2,3)20-6-4-19(5-7-20)18-31-23-12-13-26-24(28-23)27-21-8-10-22(11-9-21)29-14-16-30-17-15-29/h8-13,19-20H,4-7,14-18H2,1-3H3,(H,26,27,28)/t19-,20-. The van der Waals surface area contributed by atoms with Crippen LogP contribution in [-0.4, -0.2) is 42.9 Å². The zero-order valence-electron chi connectivity index (χ0n) is 19.1. The number of benzene rings is 1. The van der Waals surface area contributed by atoms with E-state index in [1.54, 1.807) is 6.20 Å². The summed E-state index contributed by atoms with van der Waals surface area (Å²) in [7, 11) is 0. The third-order valence-electron chi connectivity index (χ3n) is 6.67. The number of ether oxygens (including phenoxy) is 2. The molecule has 1 aliphatic heterocycles. The Hall–Kier alpha value is -2.34. The van der Waals surface area contributed by atoms with Crippen LogP contribution < -0.4 is 15.0 Å². The molecule has 2 aromatic rings. The third-order valence-corrected chi connectivity index (χ3v) is 6.67. The Bertz CT molecular complexity index is 820. The van der Waals surface area contributed by atoms with Crippen LogP contribution in [0.15, 0.2) is 36.5 Å². The highest BCUT2D eigenvalue weighted by atomic mass is 16.5. The Labute approximate surface area is 186 Å². The molecule has 1 saturated carbocycles. The summed E-state index contributed by atoms with van der Waals surface area (Å²) < 4.78 is 11.5. The summed E-state index contributed by atoms with van der Waals surface area (Å²) in [6.07, 6.45) is 6.84. The van der Waals surface area contributed by atoms with Crippen molar-refractivity contribution >= 4 is 17.3 Å². The van der Waals surface area contributed by atoms with Gasteiger partial charge in [0.05, 0.1) is 19.8 Å². The topological polar surface area (TPSA) is 59.5 Å². The van der Waals surface area contributed by atoms with Gasteiger partial charge in [0, 0.05) is 36.7 Å². The quantitative estimate of drug-likeness (QED) is 0.680. The maximum atomic E-state index is 6.03. The summed E-state index contributed by atoms with van der Waals surface area (Å²) >= 11 is 0. The van der Waals surface area contributed by atoms with Crippen molar-refractivity contribution in [1.29, 1.82) is 0 Å². The lowest BCUT2D eigenvalue weighted by Crippen LogP contribution is -2.36. The summed E-state index contributed by atoms with van der Waals surface area (Å²) in [6, 6.07) is 10.2. The second-order valence-corrected chi connectivity index (χ2v) is 9.88. The lowest BCUT2D eigenvalue weighted by atomic mass is 9.70. The van der Waals surface area contributed by atoms with Gasteiger partial charge in [-0.25, -0.2) is 4.98 Å². The average molecular weight is 425 g/mol. The first kappa shape index (κ1) is 21.9. The molecule has 1 N–H and O–H groups in total. The van der Waals surface area contributed by atoms with E-state index in [-0.39, 0.29) is 0 Å². The van der Waals surface area contributed by atoms with E-state index in [2.05, 4.69) is 65.2 Å². The van der Waals surface area contributed by atoms with Gasteiger partial charge >= 0.3 is 0 Å². The Balaban J connectivity index is 1.27. The zero-order valence-corrected chi connectivity index (χ0v) is 19.1. The first-order valence-corrected chi connectivity index (χ1v) is 11.6. The van der Waals surface area contributed by atoms with E-state index < -0.39 is 0 Å². The van der Waals surface area contributed by atoms with Crippen molar-refractivity contribution < 1.29 is 9.47 Å². The van der Waals surface area contributed by atoms with Gasteiger partial charge in [-0.2, -0.15) is 4.98 Å². The van der Waals surface area contributed by atoms with Gasteiger partial charge in [-0.3, -0.25) is 0 Å². The van der Waals surface area contributed by atoms with Gasteiger partial charge in [-0.15, -0.1) is 0 Å². The maximum absolute atomic E-state index is 6.03. The summed E-state index contributed by atoms with van der Waals surface area (Å²) in [5.74, 6) is 2.65. The van der Waals surface area contributed by atoms with Gasteiger partial charge in [-0.1, -0.05) is 20.8 Å². The van der Waals surface area contributed by atoms with E-state index in [9.17, 15) is 0 Å². The van der Waals surface area contributed by atoms with Gasteiger partial charge in [0.1, 0.15) is 0 Å². The number of hydrogen-bond acceptors (Lipinski definition) is 6. The number of aromatic nitrogens is 2. The van der Waals surface area contributed by atoms with E-state index in [1.165, 1.54) is 31.4 Å². The Morgan fingerprint density at radius 2 is 1.74 bits per heavy atom. The van der Waals surface area contributed by atoms with Crippen molar-refractivity contribution in [2.75, 3.05) is 43.1 Å². The molecule has 2 aliphatic rings. The molecule has 6 heteroatoms. The molecule has 31 heavy (non-hydrogen) atoms. The molecule has 0 amide bonds. The number of nitrogens with zero attached hydrogens (tertiary/aromatic N) is 3. The predicted octanol–water partition coefficient (Wildman–Crippen LogP) is 5.29. The second-order valence-electron chi connectivity index (χ2n) is 9.88. The Morgan fingerprint density at radius 3 is 2.42 bits per heavy atom. The molecule has 0 atom stereocenters. The lowest BCUT2D eigenvalue weighted by Gasteiger charge is -2.36. The molecule has 0 bridgehead atoms. The monoisotopic (exact) mass is 424 g/mol. The molecule has 0 unspecified atom stereocenters. The first-order chi connectivity index (χ1) is 15.0.